The van der Waals surface area contributed by atoms with Gasteiger partial charge in [0.2, 0.25) is 10.0 Å². The van der Waals surface area contributed by atoms with Gasteiger partial charge in [-0.15, -0.1) is 0 Å². The van der Waals surface area contributed by atoms with Crippen molar-refractivity contribution in [2.45, 2.75) is 4.90 Å². The predicted octanol–water partition coefficient (Wildman–Crippen LogP) is -0.650. The summed E-state index contributed by atoms with van der Waals surface area (Å²) in [6, 6.07) is 5.31. The van der Waals surface area contributed by atoms with E-state index in [1.54, 1.807) is 0 Å². The average molecular weight is 328 g/mol. The normalized spacial score (nSPS) is 16.2. The Morgan fingerprint density at radius 1 is 1.18 bits per heavy atom. The Hall–Kier alpha value is -1.97. The third kappa shape index (κ3) is 3.81. The maximum Gasteiger partial charge on any atom is 0.338 e. The van der Waals surface area contributed by atoms with Crippen molar-refractivity contribution >= 4 is 21.9 Å². The summed E-state index contributed by atoms with van der Waals surface area (Å²) in [5.74, 6) is -1.51. The van der Waals surface area contributed by atoms with Crippen LogP contribution in [0.3, 0.4) is 0 Å². The van der Waals surface area contributed by atoms with Crippen LogP contribution in [0.2, 0.25) is 0 Å². The number of nitrogens with zero attached hydrogens (tertiary/aromatic N) is 1. The van der Waals surface area contributed by atoms with E-state index >= 15 is 0 Å². The SMILES string of the molecule is NC(=O)COC(=O)c1ccc(S(=O)(=O)N2CCOCC2)cc1. The predicted molar refractivity (Wildman–Crippen MR) is 75.5 cm³/mol. The molecule has 1 saturated heterocycles. The molecule has 8 nitrogen and oxygen atoms in total. The van der Waals surface area contributed by atoms with Crippen molar-refractivity contribution in [3.05, 3.63) is 29.8 Å². The van der Waals surface area contributed by atoms with Crippen molar-refractivity contribution in [3.8, 4) is 0 Å². The Morgan fingerprint density at radius 2 is 1.77 bits per heavy atom. The van der Waals surface area contributed by atoms with Gasteiger partial charge in [-0.2, -0.15) is 4.31 Å². The number of carbonyl (C=O) groups excluding carboxylic acids is 2. The molecule has 2 rings (SSSR count). The van der Waals surface area contributed by atoms with Crippen molar-refractivity contribution in [3.63, 3.8) is 0 Å². The zero-order chi connectivity index (χ0) is 16.2. The molecule has 1 aromatic rings. The van der Waals surface area contributed by atoms with Gasteiger partial charge >= 0.3 is 5.97 Å². The molecular weight excluding hydrogens is 312 g/mol. The van der Waals surface area contributed by atoms with Crippen molar-refractivity contribution < 1.29 is 27.5 Å². The number of carbonyl (C=O) groups is 2. The quantitative estimate of drug-likeness (QED) is 0.718. The van der Waals surface area contributed by atoms with Crippen LogP contribution in [0.5, 0.6) is 0 Å². The minimum absolute atomic E-state index is 0.0841. The molecule has 1 aromatic carbocycles. The molecule has 0 atom stereocenters. The molecule has 120 valence electrons. The Morgan fingerprint density at radius 3 is 2.32 bits per heavy atom. The van der Waals surface area contributed by atoms with Gasteiger partial charge < -0.3 is 15.2 Å². The van der Waals surface area contributed by atoms with E-state index in [1.165, 1.54) is 28.6 Å². The molecule has 0 spiro atoms. The van der Waals surface area contributed by atoms with Gasteiger partial charge in [-0.3, -0.25) is 4.79 Å². The van der Waals surface area contributed by atoms with E-state index < -0.39 is 28.5 Å². The fraction of sp³-hybridized carbons (Fsp3) is 0.385. The molecule has 22 heavy (non-hydrogen) atoms. The Bertz CT molecular complexity index is 650. The number of esters is 1. The van der Waals surface area contributed by atoms with E-state index in [2.05, 4.69) is 4.74 Å². The first-order valence-corrected chi connectivity index (χ1v) is 7.98. The molecule has 0 unspecified atom stereocenters. The van der Waals surface area contributed by atoms with Gasteiger partial charge in [-0.1, -0.05) is 0 Å². The van der Waals surface area contributed by atoms with Gasteiger partial charge in [0.1, 0.15) is 0 Å². The van der Waals surface area contributed by atoms with Crippen LogP contribution in [0.25, 0.3) is 0 Å². The largest absolute Gasteiger partial charge is 0.452 e. The molecule has 1 heterocycles. The number of ether oxygens (including phenoxy) is 2. The van der Waals surface area contributed by atoms with Gasteiger partial charge in [-0.25, -0.2) is 13.2 Å². The molecule has 0 bridgehead atoms. The highest BCUT2D eigenvalue weighted by Gasteiger charge is 2.26. The summed E-state index contributed by atoms with van der Waals surface area (Å²) >= 11 is 0. The number of hydrogen-bond acceptors (Lipinski definition) is 6. The second kappa shape index (κ2) is 6.86. The van der Waals surface area contributed by atoms with Crippen LogP contribution in [0.4, 0.5) is 0 Å². The van der Waals surface area contributed by atoms with E-state index in [0.29, 0.717) is 26.3 Å². The van der Waals surface area contributed by atoms with Crippen molar-refractivity contribution in [2.24, 2.45) is 5.73 Å². The van der Waals surface area contributed by atoms with Gasteiger partial charge in [0.05, 0.1) is 23.7 Å². The topological polar surface area (TPSA) is 116 Å². The third-order valence-electron chi connectivity index (χ3n) is 3.04. The van der Waals surface area contributed by atoms with Gasteiger partial charge in [0.15, 0.2) is 6.61 Å². The molecule has 9 heteroatoms. The first-order chi connectivity index (χ1) is 10.4. The van der Waals surface area contributed by atoms with Crippen LogP contribution >= 0.6 is 0 Å². The van der Waals surface area contributed by atoms with Crippen molar-refractivity contribution in [1.29, 1.82) is 0 Å². The number of amides is 1. The third-order valence-corrected chi connectivity index (χ3v) is 4.96. The number of hydrogen-bond donors (Lipinski definition) is 1. The minimum Gasteiger partial charge on any atom is -0.452 e. The number of morpholine rings is 1. The summed E-state index contributed by atoms with van der Waals surface area (Å²) in [6.45, 7) is 0.787. The van der Waals surface area contributed by atoms with E-state index in [9.17, 15) is 18.0 Å². The molecule has 0 saturated carbocycles. The fourth-order valence-electron chi connectivity index (χ4n) is 1.92. The first kappa shape index (κ1) is 16.4. The summed E-state index contributed by atoms with van der Waals surface area (Å²) in [7, 11) is -3.60. The number of rotatable bonds is 5. The fourth-order valence-corrected chi connectivity index (χ4v) is 3.33. The maximum absolute atomic E-state index is 12.4. The molecule has 1 fully saturated rings. The second-order valence-electron chi connectivity index (χ2n) is 4.58. The number of primary amides is 1. The first-order valence-electron chi connectivity index (χ1n) is 6.54. The van der Waals surface area contributed by atoms with Gasteiger partial charge in [-0.05, 0) is 24.3 Å². The zero-order valence-corrected chi connectivity index (χ0v) is 12.5. The molecule has 1 aliphatic heterocycles. The Balaban J connectivity index is 2.10. The van der Waals surface area contributed by atoms with E-state index in [4.69, 9.17) is 10.5 Å². The number of sulfonamides is 1. The van der Waals surface area contributed by atoms with E-state index in [1.807, 2.05) is 0 Å². The number of nitrogens with two attached hydrogens (primary N) is 1. The van der Waals surface area contributed by atoms with E-state index in [-0.39, 0.29) is 10.5 Å². The molecule has 0 aromatic heterocycles. The summed E-state index contributed by atoms with van der Waals surface area (Å²) in [6.07, 6.45) is 0. The highest BCUT2D eigenvalue weighted by molar-refractivity contribution is 7.89. The average Bonchev–Trinajstić information content (AvgIpc) is 2.53. The molecule has 0 radical (unpaired) electrons. The second-order valence-corrected chi connectivity index (χ2v) is 6.52. The monoisotopic (exact) mass is 328 g/mol. The van der Waals surface area contributed by atoms with Crippen molar-refractivity contribution in [1.82, 2.24) is 4.31 Å². The molecule has 0 aliphatic carbocycles. The Kier molecular flexibility index (Phi) is 5.11. The minimum atomic E-state index is -3.60. The summed E-state index contributed by atoms with van der Waals surface area (Å²) in [5, 5.41) is 0. The lowest BCUT2D eigenvalue weighted by Crippen LogP contribution is -2.40. The Labute approximate surface area is 127 Å². The van der Waals surface area contributed by atoms with Crippen LogP contribution < -0.4 is 5.73 Å². The zero-order valence-electron chi connectivity index (χ0n) is 11.7. The maximum atomic E-state index is 12.4. The van der Waals surface area contributed by atoms with Crippen LogP contribution in [0, 0.1) is 0 Å². The lowest BCUT2D eigenvalue weighted by Gasteiger charge is -2.26. The lowest BCUT2D eigenvalue weighted by molar-refractivity contribution is -0.121. The van der Waals surface area contributed by atoms with Crippen LogP contribution in [0.1, 0.15) is 10.4 Å². The molecule has 1 aliphatic rings. The summed E-state index contributed by atoms with van der Waals surface area (Å²) in [5.41, 5.74) is 5.01. The van der Waals surface area contributed by atoms with E-state index in [0.717, 1.165) is 0 Å². The van der Waals surface area contributed by atoms with Crippen molar-refractivity contribution in [2.75, 3.05) is 32.9 Å². The molecule has 2 N–H and O–H groups in total. The summed E-state index contributed by atoms with van der Waals surface area (Å²) < 4.78 is 35.8. The van der Waals surface area contributed by atoms with Gasteiger partial charge in [0, 0.05) is 13.1 Å². The smallest absolute Gasteiger partial charge is 0.338 e. The standard InChI is InChI=1S/C13H16N2O6S/c14-12(16)9-21-13(17)10-1-3-11(4-2-10)22(18,19)15-5-7-20-8-6-15/h1-4H,5-9H2,(H2,14,16). The van der Waals surface area contributed by atoms with Gasteiger partial charge in [0.25, 0.3) is 5.91 Å². The van der Waals surface area contributed by atoms with Crippen LogP contribution in [-0.4, -0.2) is 57.5 Å². The molecular formula is C13H16N2O6S. The van der Waals surface area contributed by atoms with Crippen LogP contribution in [0.15, 0.2) is 29.2 Å². The molecule has 1 amide bonds. The lowest BCUT2D eigenvalue weighted by atomic mass is 10.2. The summed E-state index contributed by atoms with van der Waals surface area (Å²) in [4.78, 5) is 22.2. The number of benzene rings is 1. The highest BCUT2D eigenvalue weighted by Crippen LogP contribution is 2.18. The highest BCUT2D eigenvalue weighted by atomic mass is 32.2. The van der Waals surface area contributed by atoms with Crippen LogP contribution in [-0.2, 0) is 24.3 Å².